The van der Waals surface area contributed by atoms with Gasteiger partial charge in [-0.3, -0.25) is 9.58 Å². The maximum Gasteiger partial charge on any atom is 0.256 e. The average molecular weight is 681 g/mol. The van der Waals surface area contributed by atoms with Crippen LogP contribution in [0, 0.1) is 0 Å². The molecule has 4 heterocycles. The van der Waals surface area contributed by atoms with E-state index in [4.69, 9.17) is 35.6 Å². The molecule has 0 unspecified atom stereocenters. The monoisotopic (exact) mass is 680 g/mol. The number of methoxy groups -OCH3 is 1. The van der Waals surface area contributed by atoms with E-state index in [-0.39, 0.29) is 11.7 Å². The van der Waals surface area contributed by atoms with Crippen LogP contribution in [0.4, 0.5) is 11.6 Å². The fourth-order valence-corrected chi connectivity index (χ4v) is 6.26. The average Bonchev–Trinajstić information content (AvgIpc) is 3.76. The van der Waals surface area contributed by atoms with Crippen molar-refractivity contribution < 1.29 is 18.9 Å². The first-order chi connectivity index (χ1) is 23.3. The number of ether oxygens (including phenoxy) is 4. The van der Waals surface area contributed by atoms with Gasteiger partial charge in [-0.1, -0.05) is 17.7 Å². The van der Waals surface area contributed by atoms with Gasteiger partial charge in [0.15, 0.2) is 0 Å². The molecule has 1 aliphatic carbocycles. The van der Waals surface area contributed by atoms with E-state index in [1.165, 1.54) is 0 Å². The third-order valence-corrected chi connectivity index (χ3v) is 9.43. The minimum Gasteiger partial charge on any atom is -0.487 e. The molecule has 14 nitrogen and oxygen atoms in total. The molecule has 2 aliphatic rings. The molecule has 1 saturated carbocycles. The molecule has 2 fully saturated rings. The molecule has 0 bridgehead atoms. The number of tetrazole rings is 1. The van der Waals surface area contributed by atoms with Crippen LogP contribution in [0.5, 0.6) is 11.6 Å². The molecule has 0 radical (unpaired) electrons. The van der Waals surface area contributed by atoms with Crippen molar-refractivity contribution in [3.63, 3.8) is 0 Å². The van der Waals surface area contributed by atoms with Crippen molar-refractivity contribution in [2.45, 2.75) is 83.2 Å². The van der Waals surface area contributed by atoms with Gasteiger partial charge in [0, 0.05) is 50.6 Å². The van der Waals surface area contributed by atoms with Crippen LogP contribution in [-0.2, 0) is 16.0 Å². The predicted molar refractivity (Wildman–Crippen MR) is 181 cm³/mol. The number of hydrogen-bond acceptors (Lipinski definition) is 12. The van der Waals surface area contributed by atoms with Gasteiger partial charge in [-0.05, 0) is 74.6 Å². The highest BCUT2D eigenvalue weighted by atomic mass is 35.5. The first-order valence-electron chi connectivity index (χ1n) is 16.6. The van der Waals surface area contributed by atoms with E-state index in [1.54, 1.807) is 36.6 Å². The summed E-state index contributed by atoms with van der Waals surface area (Å²) in [6.07, 6.45) is 12.0. The van der Waals surface area contributed by atoms with Crippen molar-refractivity contribution in [3.05, 3.63) is 48.1 Å². The van der Waals surface area contributed by atoms with Crippen LogP contribution in [0.15, 0.2) is 43.1 Å². The molecule has 1 aromatic carbocycles. The molecule has 0 amide bonds. The molecule has 1 atom stereocenters. The minimum atomic E-state index is -0.299. The lowest BCUT2D eigenvalue weighted by molar-refractivity contribution is 0.00409. The van der Waals surface area contributed by atoms with Gasteiger partial charge >= 0.3 is 0 Å². The van der Waals surface area contributed by atoms with Gasteiger partial charge in [-0.15, -0.1) is 10.2 Å². The zero-order valence-electron chi connectivity index (χ0n) is 28.1. The molecule has 1 saturated heterocycles. The molecule has 48 heavy (non-hydrogen) atoms. The van der Waals surface area contributed by atoms with Crippen LogP contribution in [0.2, 0.25) is 5.02 Å². The Kier molecular flexibility index (Phi) is 11.0. The number of nitrogens with one attached hydrogen (secondary N) is 1. The Morgan fingerprint density at radius 1 is 1.06 bits per heavy atom. The Morgan fingerprint density at radius 3 is 2.52 bits per heavy atom. The topological polar surface area (TPSA) is 139 Å². The quantitative estimate of drug-likeness (QED) is 0.187. The Labute approximate surface area is 286 Å². The molecular weight excluding hydrogens is 636 g/mol. The molecule has 1 aliphatic heterocycles. The highest BCUT2D eigenvalue weighted by molar-refractivity contribution is 6.32. The van der Waals surface area contributed by atoms with Crippen LogP contribution in [0.3, 0.4) is 0 Å². The molecular formula is C33H45ClN10O4. The van der Waals surface area contributed by atoms with E-state index in [0.717, 1.165) is 75.2 Å². The number of nitrogens with zero attached hydrogens (tertiary/aromatic N) is 9. The molecule has 4 aromatic rings. The van der Waals surface area contributed by atoms with E-state index in [1.807, 2.05) is 39.1 Å². The molecule has 1 N–H and O–H groups in total. The van der Waals surface area contributed by atoms with Gasteiger partial charge in [0.25, 0.3) is 5.88 Å². The van der Waals surface area contributed by atoms with Crippen molar-refractivity contribution in [3.8, 4) is 22.8 Å². The Balaban J connectivity index is 1.13. The van der Waals surface area contributed by atoms with Gasteiger partial charge in [-0.2, -0.15) is 0 Å². The number of morpholine rings is 1. The van der Waals surface area contributed by atoms with E-state index < -0.39 is 0 Å². The third-order valence-electron chi connectivity index (χ3n) is 9.12. The van der Waals surface area contributed by atoms with Gasteiger partial charge in [-0.25, -0.2) is 14.6 Å². The van der Waals surface area contributed by atoms with Crippen LogP contribution in [0.25, 0.3) is 11.1 Å². The lowest BCUT2D eigenvalue weighted by Gasteiger charge is -2.38. The van der Waals surface area contributed by atoms with Crippen molar-refractivity contribution in [1.29, 1.82) is 0 Å². The zero-order valence-corrected chi connectivity index (χ0v) is 28.8. The number of rotatable bonds is 14. The maximum absolute atomic E-state index is 6.46. The third kappa shape index (κ3) is 8.78. The van der Waals surface area contributed by atoms with E-state index in [2.05, 4.69) is 40.4 Å². The Morgan fingerprint density at radius 2 is 1.81 bits per heavy atom. The Hall–Kier alpha value is -3.85. The molecule has 6 rings (SSSR count). The molecule has 0 spiro atoms. The first kappa shape index (κ1) is 34.0. The van der Waals surface area contributed by atoms with Crippen LogP contribution in [-0.4, -0.2) is 103 Å². The molecule has 258 valence electrons. The van der Waals surface area contributed by atoms with E-state index in [9.17, 15) is 0 Å². The zero-order chi connectivity index (χ0) is 33.5. The first-order valence-corrected chi connectivity index (χ1v) is 17.0. The number of hydrogen-bond donors (Lipinski definition) is 1. The van der Waals surface area contributed by atoms with Crippen LogP contribution in [0.1, 0.15) is 58.9 Å². The number of halogens is 1. The number of aromatic nitrogens is 8. The van der Waals surface area contributed by atoms with Gasteiger partial charge in [0.05, 0.1) is 49.2 Å². The number of benzene rings is 1. The molecule has 3 aromatic heterocycles. The van der Waals surface area contributed by atoms with Crippen molar-refractivity contribution >= 4 is 23.2 Å². The van der Waals surface area contributed by atoms with Gasteiger partial charge in [0.2, 0.25) is 5.95 Å². The normalized spacial score (nSPS) is 19.6. The minimum absolute atomic E-state index is 0.207. The summed E-state index contributed by atoms with van der Waals surface area (Å²) in [5.41, 5.74) is 2.13. The standard InChI is InChI=1S/C33H45ClN10O4/c1-23(20-43-22-37-40-41-43)48-30-17-24(5-10-28(30)34)25-18-35-32(36-19-25)38-29-21-44(39-31(29)47-14-11-33(2,3)45-4)27-8-6-26(7-9-27)42-12-15-46-16-13-42/h5,10,17-19,21-23,26-27H,6-9,11-16,20H2,1-4H3,(H,35,36,38)/t23-,26?,27?/m0/s1. The Bertz CT molecular complexity index is 1590. The van der Waals surface area contributed by atoms with Crippen molar-refractivity contribution in [2.75, 3.05) is 45.3 Å². The van der Waals surface area contributed by atoms with Crippen molar-refractivity contribution in [2.24, 2.45) is 0 Å². The lowest BCUT2D eigenvalue weighted by atomic mass is 9.90. The fraction of sp³-hybridized carbons (Fsp3) is 0.576. The summed E-state index contributed by atoms with van der Waals surface area (Å²) in [7, 11) is 1.72. The van der Waals surface area contributed by atoms with E-state index >= 15 is 0 Å². The van der Waals surface area contributed by atoms with Gasteiger partial charge in [0.1, 0.15) is 23.9 Å². The summed E-state index contributed by atoms with van der Waals surface area (Å²) in [6, 6.07) is 6.52. The fourth-order valence-electron chi connectivity index (χ4n) is 6.10. The van der Waals surface area contributed by atoms with Gasteiger partial charge < -0.3 is 24.3 Å². The summed E-state index contributed by atoms with van der Waals surface area (Å²) >= 11 is 6.46. The maximum atomic E-state index is 6.46. The largest absolute Gasteiger partial charge is 0.487 e. The summed E-state index contributed by atoms with van der Waals surface area (Å²) in [4.78, 5) is 11.8. The van der Waals surface area contributed by atoms with Crippen LogP contribution < -0.4 is 14.8 Å². The second-order valence-electron chi connectivity index (χ2n) is 13.0. The second kappa shape index (κ2) is 15.6. The summed E-state index contributed by atoms with van der Waals surface area (Å²) in [6.45, 7) is 10.7. The number of anilines is 2. The summed E-state index contributed by atoms with van der Waals surface area (Å²) in [5, 5.41) is 20.0. The highest BCUT2D eigenvalue weighted by Gasteiger charge is 2.29. The SMILES string of the molecule is COC(C)(C)CCOc1nn(C2CCC(N3CCOCC3)CC2)cc1Nc1ncc(-c2ccc(Cl)c(O[C@@H](C)Cn3cnnn3)c2)cn1. The predicted octanol–water partition coefficient (Wildman–Crippen LogP) is 5.20. The summed E-state index contributed by atoms with van der Waals surface area (Å²) in [5.74, 6) is 1.53. The highest BCUT2D eigenvalue weighted by Crippen LogP contribution is 2.35. The molecule has 15 heteroatoms. The summed E-state index contributed by atoms with van der Waals surface area (Å²) < 4.78 is 27.1. The van der Waals surface area contributed by atoms with Crippen molar-refractivity contribution in [1.82, 2.24) is 44.9 Å². The smallest absolute Gasteiger partial charge is 0.256 e. The van der Waals surface area contributed by atoms with Crippen LogP contribution >= 0.6 is 11.6 Å². The lowest BCUT2D eigenvalue weighted by Crippen LogP contribution is -2.45. The second-order valence-corrected chi connectivity index (χ2v) is 13.4. The van der Waals surface area contributed by atoms with E-state index in [0.29, 0.717) is 47.8 Å².